The van der Waals surface area contributed by atoms with E-state index in [1.54, 1.807) is 12.1 Å². The second-order valence-electron chi connectivity index (χ2n) is 20.9. The van der Waals surface area contributed by atoms with Crippen LogP contribution in [0.25, 0.3) is 11.1 Å². The number of rotatable bonds is 19. The number of nitrogens with zero attached hydrogens (tertiary/aromatic N) is 2. The van der Waals surface area contributed by atoms with Gasteiger partial charge in [0.2, 0.25) is 41.4 Å². The summed E-state index contributed by atoms with van der Waals surface area (Å²) in [5.41, 5.74) is 7.90. The van der Waals surface area contributed by atoms with E-state index < -0.39 is 183 Å². The number of β-amino-alcohol motifs (C(OH)–C–C–N with tert-alkyl or cyclic N) is 1. The Morgan fingerprint density at radius 2 is 1.41 bits per heavy atom. The van der Waals surface area contributed by atoms with Crippen molar-refractivity contribution in [2.24, 2.45) is 11.7 Å². The molecule has 16 N–H and O–H groups in total. The van der Waals surface area contributed by atoms with Crippen molar-refractivity contribution in [2.45, 2.75) is 151 Å². The number of benzene rings is 3. The Hall–Kier alpha value is -7.03. The molecule has 0 saturated carbocycles. The fraction of sp³-hybridized carbons (Fsp3) is 0.519. The monoisotopic (exact) mass is 1180 g/mol. The van der Waals surface area contributed by atoms with Crippen LogP contribution in [0.15, 0.2) is 66.7 Å². The summed E-state index contributed by atoms with van der Waals surface area (Å²) in [4.78, 5) is 115. The van der Waals surface area contributed by atoms with Crippen LogP contribution in [0.1, 0.15) is 93.3 Å². The molecule has 3 heterocycles. The summed E-state index contributed by atoms with van der Waals surface area (Å²) in [7, 11) is 0. The van der Waals surface area contributed by atoms with Gasteiger partial charge in [-0.15, -0.1) is 0 Å². The number of aliphatic hydroxyl groups is 7. The maximum Gasteiger partial charge on any atom is 0.261 e. The third-order valence-corrected chi connectivity index (χ3v) is 15.1. The standard InChI is InChI=1S/C54H72N8O20S/c1-4-5-6-7-8-28-9-11-29(12-10-28)30-13-15-31(16-14-30)48(72)57-35-20-33(64)23-56-52(76)44-45(69)26(2)24-62(44)54(78)42(38(67)22-40(55)68)59-51(75)43(47(71)46(70)32-17-18-37(66)39(19-32)80-83-82-81-79)60-50(74)36-21-34(65)25-61(36)53(77)41(27(3)63)58-49(35)73/h9-19,26-27,33-36,38,41-47,63-67,69-71,79H,4-8,20-25H2,1-3H3,(H2,55,68)(H,56,76)(H,57,72)(H,58,73)(H,59,75)(H,60,74)/t26?,27?,33?,34?,35-,36?,38?,41?,42?,43?,44?,45?,46?,47?/m0/s1. The van der Waals surface area contributed by atoms with Gasteiger partial charge in [0.05, 0.1) is 36.9 Å². The zero-order chi connectivity index (χ0) is 60.8. The second kappa shape index (κ2) is 30.0. The molecule has 0 radical (unpaired) electrons. The lowest BCUT2D eigenvalue weighted by molar-refractivity contribution is -0.433. The van der Waals surface area contributed by atoms with Gasteiger partial charge < -0.3 is 87.2 Å². The summed E-state index contributed by atoms with van der Waals surface area (Å²) in [6, 6.07) is 5.15. The van der Waals surface area contributed by atoms with Gasteiger partial charge in [-0.1, -0.05) is 84.9 Å². The van der Waals surface area contributed by atoms with Crippen LogP contribution in [0, 0.1) is 5.92 Å². The minimum Gasteiger partial charge on any atom is -0.504 e. The topological polar surface area (TPSA) is 439 Å². The number of hydrogen-bond acceptors (Lipinski definition) is 21. The van der Waals surface area contributed by atoms with Crippen molar-refractivity contribution >= 4 is 59.6 Å². The SMILES string of the molecule is CCCCCCc1ccc(-c2ccc(C(=O)N[C@H]3CC(O)CNC(=O)C4C(O)C(C)CN4C(=O)C(C(O)CC(N)=O)NC(=O)C(C(O)C(O)c4ccc(O)c(OSOOO)c4)NC(=O)C4CC(O)CN4C(=O)C(C(C)O)NC3=O)cc2)cc1. The van der Waals surface area contributed by atoms with E-state index in [1.807, 2.05) is 24.3 Å². The second-order valence-corrected chi connectivity index (χ2v) is 21.4. The van der Waals surface area contributed by atoms with Crippen molar-refractivity contribution in [1.29, 1.82) is 0 Å². The van der Waals surface area contributed by atoms with Crippen molar-refractivity contribution in [3.8, 4) is 22.6 Å². The molecule has 3 aromatic carbocycles. The number of nitrogens with two attached hydrogens (primary N) is 1. The number of carbonyl (C=O) groups excluding carboxylic acids is 8. The lowest BCUT2D eigenvalue weighted by Crippen LogP contribution is -2.64. The first-order valence-corrected chi connectivity index (χ1v) is 27.6. The van der Waals surface area contributed by atoms with Crippen LogP contribution in [0.4, 0.5) is 0 Å². The minimum absolute atomic E-state index is 0.0185. The number of aryl methyl sites for hydroxylation is 1. The Labute approximate surface area is 480 Å². The Bertz CT molecular complexity index is 2760. The molecule has 29 heteroatoms. The molecule has 3 saturated heterocycles. The fourth-order valence-electron chi connectivity index (χ4n) is 10.1. The Balaban J connectivity index is 1.36. The van der Waals surface area contributed by atoms with Gasteiger partial charge in [-0.3, -0.25) is 38.4 Å². The van der Waals surface area contributed by atoms with E-state index in [0.717, 1.165) is 78.2 Å². The largest absolute Gasteiger partial charge is 0.504 e. The average Bonchev–Trinajstić information content (AvgIpc) is 4.21. The van der Waals surface area contributed by atoms with Crippen LogP contribution in [-0.4, -0.2) is 196 Å². The minimum atomic E-state index is -2.52. The Morgan fingerprint density at radius 3 is 2.05 bits per heavy atom. The third kappa shape index (κ3) is 16.8. The number of phenols is 1. The summed E-state index contributed by atoms with van der Waals surface area (Å²) in [5, 5.41) is 114. The van der Waals surface area contributed by atoms with Crippen LogP contribution in [0.3, 0.4) is 0 Å². The molecule has 0 spiro atoms. The van der Waals surface area contributed by atoms with Crippen LogP contribution in [0.5, 0.6) is 11.5 Å². The van der Waals surface area contributed by atoms with Crippen molar-refractivity contribution in [2.75, 3.05) is 19.6 Å². The molecular weight excluding hydrogens is 1110 g/mol. The van der Waals surface area contributed by atoms with Crippen LogP contribution < -0.4 is 36.5 Å². The molecule has 13 unspecified atom stereocenters. The summed E-state index contributed by atoms with van der Waals surface area (Å²) in [6.45, 7) is 2.91. The van der Waals surface area contributed by atoms with Gasteiger partial charge in [-0.2, -0.15) is 0 Å². The number of phenolic OH excluding ortho intramolecular Hbond substituents is 1. The molecule has 3 fully saturated rings. The lowest BCUT2D eigenvalue weighted by Gasteiger charge is -2.34. The number of carbonyl (C=O) groups is 8. The van der Waals surface area contributed by atoms with Gasteiger partial charge in [-0.25, -0.2) is 5.26 Å². The molecule has 0 aromatic heterocycles. The molecule has 14 atom stereocenters. The van der Waals surface area contributed by atoms with E-state index >= 15 is 0 Å². The number of aromatic hydroxyl groups is 1. The van der Waals surface area contributed by atoms with Crippen molar-refractivity contribution in [3.05, 3.63) is 83.4 Å². The van der Waals surface area contributed by atoms with E-state index in [2.05, 4.69) is 42.9 Å². The number of aliphatic hydroxyl groups excluding tert-OH is 7. The summed E-state index contributed by atoms with van der Waals surface area (Å²) in [5.74, 6) is -11.7. The van der Waals surface area contributed by atoms with E-state index in [-0.39, 0.29) is 23.5 Å². The maximum atomic E-state index is 14.7. The molecule has 3 aliphatic heterocycles. The van der Waals surface area contributed by atoms with Gasteiger partial charge in [0.25, 0.3) is 18.2 Å². The zero-order valence-electron chi connectivity index (χ0n) is 45.6. The number of amides is 8. The first-order chi connectivity index (χ1) is 39.4. The molecule has 83 heavy (non-hydrogen) atoms. The molecule has 3 aliphatic rings. The quantitative estimate of drug-likeness (QED) is 0.0264. The Morgan fingerprint density at radius 1 is 0.771 bits per heavy atom. The number of hydrogen-bond donors (Lipinski definition) is 15. The van der Waals surface area contributed by atoms with E-state index in [1.165, 1.54) is 24.6 Å². The highest BCUT2D eigenvalue weighted by molar-refractivity contribution is 7.90. The molecule has 6 rings (SSSR count). The fourth-order valence-corrected chi connectivity index (χ4v) is 10.4. The lowest BCUT2D eigenvalue weighted by atomic mass is 9.96. The van der Waals surface area contributed by atoms with E-state index in [0.29, 0.717) is 0 Å². The van der Waals surface area contributed by atoms with Crippen LogP contribution in [-0.2, 0) is 49.4 Å². The smallest absolute Gasteiger partial charge is 0.261 e. The summed E-state index contributed by atoms with van der Waals surface area (Å²) < 4.78 is 9.19. The first kappa shape index (κ1) is 65.1. The van der Waals surface area contributed by atoms with Gasteiger partial charge in [0.1, 0.15) is 48.5 Å². The highest BCUT2D eigenvalue weighted by atomic mass is 32.2. The van der Waals surface area contributed by atoms with Gasteiger partial charge >= 0.3 is 0 Å². The van der Waals surface area contributed by atoms with Crippen molar-refractivity contribution in [3.63, 3.8) is 0 Å². The predicted molar refractivity (Wildman–Crippen MR) is 291 cm³/mol. The number of nitrogens with one attached hydrogen (secondary N) is 5. The van der Waals surface area contributed by atoms with E-state index in [4.69, 9.17) is 15.2 Å². The highest BCUT2D eigenvalue weighted by Gasteiger charge is 2.50. The van der Waals surface area contributed by atoms with Gasteiger partial charge in [0.15, 0.2) is 11.5 Å². The molecule has 8 amide bonds. The number of unbranched alkanes of at least 4 members (excludes halogenated alkanes) is 3. The average molecular weight is 1190 g/mol. The maximum absolute atomic E-state index is 14.7. The highest BCUT2D eigenvalue weighted by Crippen LogP contribution is 2.34. The predicted octanol–water partition coefficient (Wildman–Crippen LogP) is -2.14. The molecule has 3 aromatic rings. The van der Waals surface area contributed by atoms with Crippen molar-refractivity contribution in [1.82, 2.24) is 36.4 Å². The third-order valence-electron chi connectivity index (χ3n) is 14.7. The molecule has 28 nitrogen and oxygen atoms in total. The number of primary amides is 1. The number of fused-ring (bicyclic) bond motifs is 2. The van der Waals surface area contributed by atoms with Crippen LogP contribution in [0.2, 0.25) is 0 Å². The van der Waals surface area contributed by atoms with E-state index in [9.17, 15) is 79.2 Å². The molecule has 454 valence electrons. The summed E-state index contributed by atoms with van der Waals surface area (Å²) >= 11 is -0.0185. The molecule has 0 bridgehead atoms. The molecular formula is C54H72N8O20S. The van der Waals surface area contributed by atoms with Crippen LogP contribution >= 0.6 is 12.3 Å². The zero-order valence-corrected chi connectivity index (χ0v) is 46.4. The molecule has 0 aliphatic carbocycles. The van der Waals surface area contributed by atoms with Gasteiger partial charge in [0, 0.05) is 44.0 Å². The first-order valence-electron chi connectivity index (χ1n) is 26.9. The van der Waals surface area contributed by atoms with Gasteiger partial charge in [-0.05, 0) is 66.3 Å². The Kier molecular flexibility index (Phi) is 23.5. The van der Waals surface area contributed by atoms with Crippen molar-refractivity contribution < 1.29 is 98.0 Å². The normalized spacial score (nSPS) is 26.4. The summed E-state index contributed by atoms with van der Waals surface area (Å²) in [6.07, 6.45) is -10.5.